The van der Waals surface area contributed by atoms with Crippen molar-refractivity contribution in [3.05, 3.63) is 35.6 Å². The second-order valence-corrected chi connectivity index (χ2v) is 4.69. The molecule has 3 nitrogen and oxygen atoms in total. The molecule has 106 valence electrons. The molecule has 0 aliphatic heterocycles. The molecule has 0 aliphatic rings. The molecular weight excluding hydrogens is 245 g/mol. The highest BCUT2D eigenvalue weighted by Gasteiger charge is 2.07. The summed E-state index contributed by atoms with van der Waals surface area (Å²) in [5, 5.41) is 3.10. The molecule has 0 aromatic heterocycles. The van der Waals surface area contributed by atoms with Crippen LogP contribution in [-0.2, 0) is 16.0 Å². The van der Waals surface area contributed by atoms with Crippen molar-refractivity contribution >= 4 is 5.97 Å². The molecule has 1 N–H and O–H groups in total. The number of hydrogen-bond donors (Lipinski definition) is 1. The normalized spacial score (nSPS) is 12.2. The van der Waals surface area contributed by atoms with E-state index in [0.29, 0.717) is 6.61 Å². The Kier molecular flexibility index (Phi) is 7.11. The quantitative estimate of drug-likeness (QED) is 0.581. The molecule has 0 fully saturated rings. The van der Waals surface area contributed by atoms with E-state index in [1.807, 2.05) is 6.92 Å². The molecule has 4 heteroatoms. The van der Waals surface area contributed by atoms with E-state index in [9.17, 15) is 9.18 Å². The Morgan fingerprint density at radius 2 is 2.05 bits per heavy atom. The van der Waals surface area contributed by atoms with Crippen molar-refractivity contribution in [2.45, 2.75) is 39.2 Å². The van der Waals surface area contributed by atoms with Gasteiger partial charge >= 0.3 is 5.97 Å². The predicted octanol–water partition coefficient (Wildman–Crippen LogP) is 2.69. The predicted molar refractivity (Wildman–Crippen MR) is 73.4 cm³/mol. The third-order valence-electron chi connectivity index (χ3n) is 2.81. The highest BCUT2D eigenvalue weighted by molar-refractivity contribution is 5.71. The summed E-state index contributed by atoms with van der Waals surface area (Å²) < 4.78 is 17.8. The van der Waals surface area contributed by atoms with Gasteiger partial charge in [0, 0.05) is 6.04 Å². The highest BCUT2D eigenvalue weighted by atomic mass is 19.1. The Labute approximate surface area is 114 Å². The lowest BCUT2D eigenvalue weighted by Gasteiger charge is -2.13. The van der Waals surface area contributed by atoms with Gasteiger partial charge in [-0.2, -0.15) is 0 Å². The summed E-state index contributed by atoms with van der Waals surface area (Å²) in [5.41, 5.74) is 1.04. The summed E-state index contributed by atoms with van der Waals surface area (Å²) >= 11 is 0. The van der Waals surface area contributed by atoms with Crippen LogP contribution in [0.2, 0.25) is 0 Å². The molecule has 0 amide bonds. The molecule has 1 rings (SSSR count). The average molecular weight is 267 g/mol. The number of carbonyl (C=O) groups is 1. The van der Waals surface area contributed by atoms with Crippen molar-refractivity contribution in [2.75, 3.05) is 13.2 Å². The van der Waals surface area contributed by atoms with Crippen LogP contribution >= 0.6 is 0 Å². The van der Waals surface area contributed by atoms with Crippen LogP contribution < -0.4 is 5.32 Å². The average Bonchev–Trinajstić information content (AvgIpc) is 2.39. The summed E-state index contributed by atoms with van der Waals surface area (Å²) in [6, 6.07) is 6.55. The maximum absolute atomic E-state index is 12.7. The van der Waals surface area contributed by atoms with Crippen LogP contribution in [0.1, 0.15) is 32.3 Å². The first kappa shape index (κ1) is 15.6. The number of halogens is 1. The van der Waals surface area contributed by atoms with Crippen LogP contribution in [0.25, 0.3) is 0 Å². The van der Waals surface area contributed by atoms with Crippen LogP contribution in [0.4, 0.5) is 4.39 Å². The summed E-state index contributed by atoms with van der Waals surface area (Å²) in [4.78, 5) is 11.4. The van der Waals surface area contributed by atoms with E-state index in [-0.39, 0.29) is 24.4 Å². The Bertz CT molecular complexity index is 378. The minimum absolute atomic E-state index is 0.143. The number of rotatable bonds is 8. The van der Waals surface area contributed by atoms with Gasteiger partial charge in [0.1, 0.15) is 5.82 Å². The second kappa shape index (κ2) is 8.64. The maximum Gasteiger partial charge on any atom is 0.319 e. The summed E-state index contributed by atoms with van der Waals surface area (Å²) in [6.07, 6.45) is 2.67. The SMILES string of the molecule is CCCCOC(=O)CNC(C)Cc1ccc(F)cc1. The van der Waals surface area contributed by atoms with Gasteiger partial charge in [0.05, 0.1) is 13.2 Å². The van der Waals surface area contributed by atoms with Gasteiger partial charge < -0.3 is 10.1 Å². The fraction of sp³-hybridized carbons (Fsp3) is 0.533. The Balaban J connectivity index is 2.22. The zero-order valence-electron chi connectivity index (χ0n) is 11.6. The third kappa shape index (κ3) is 6.91. The van der Waals surface area contributed by atoms with Crippen LogP contribution in [0, 0.1) is 5.82 Å². The minimum atomic E-state index is -0.233. The molecule has 0 saturated carbocycles. The standard InChI is InChI=1S/C15H22FNO2/c1-3-4-9-19-15(18)11-17-12(2)10-13-5-7-14(16)8-6-13/h5-8,12,17H,3-4,9-11H2,1-2H3. The molecule has 0 radical (unpaired) electrons. The number of nitrogens with one attached hydrogen (secondary N) is 1. The number of ether oxygens (including phenoxy) is 1. The number of unbranched alkanes of at least 4 members (excludes halogenated alkanes) is 1. The molecule has 1 aromatic carbocycles. The Hall–Kier alpha value is -1.42. The first-order valence-electron chi connectivity index (χ1n) is 6.75. The third-order valence-corrected chi connectivity index (χ3v) is 2.81. The molecule has 1 aromatic rings. The molecule has 0 heterocycles. The van der Waals surface area contributed by atoms with Gasteiger partial charge in [0.25, 0.3) is 0 Å². The van der Waals surface area contributed by atoms with E-state index < -0.39 is 0 Å². The maximum atomic E-state index is 12.7. The number of esters is 1. The topological polar surface area (TPSA) is 38.3 Å². The van der Waals surface area contributed by atoms with Crippen LogP contribution in [0.3, 0.4) is 0 Å². The molecular formula is C15H22FNO2. The van der Waals surface area contributed by atoms with E-state index in [2.05, 4.69) is 12.2 Å². The molecule has 0 aliphatic carbocycles. The Morgan fingerprint density at radius 3 is 2.68 bits per heavy atom. The molecule has 1 unspecified atom stereocenters. The van der Waals surface area contributed by atoms with Crippen molar-refractivity contribution in [2.24, 2.45) is 0 Å². The largest absolute Gasteiger partial charge is 0.465 e. The number of carbonyl (C=O) groups excluding carboxylic acids is 1. The molecule has 0 saturated heterocycles. The molecule has 0 bridgehead atoms. The zero-order chi connectivity index (χ0) is 14.1. The molecule has 1 atom stereocenters. The van der Waals surface area contributed by atoms with Gasteiger partial charge in [-0.3, -0.25) is 4.79 Å². The van der Waals surface area contributed by atoms with E-state index in [0.717, 1.165) is 24.8 Å². The van der Waals surface area contributed by atoms with E-state index in [1.54, 1.807) is 12.1 Å². The minimum Gasteiger partial charge on any atom is -0.465 e. The summed E-state index contributed by atoms with van der Waals surface area (Å²) in [5.74, 6) is -0.455. The fourth-order valence-corrected chi connectivity index (χ4v) is 1.69. The van der Waals surface area contributed by atoms with Crippen LogP contribution in [-0.4, -0.2) is 25.2 Å². The van der Waals surface area contributed by atoms with Crippen LogP contribution in [0.5, 0.6) is 0 Å². The lowest BCUT2D eigenvalue weighted by atomic mass is 10.1. The monoisotopic (exact) mass is 267 g/mol. The number of benzene rings is 1. The summed E-state index contributed by atoms with van der Waals surface area (Å²) in [6.45, 7) is 4.75. The van der Waals surface area contributed by atoms with Crippen molar-refractivity contribution < 1.29 is 13.9 Å². The number of hydrogen-bond acceptors (Lipinski definition) is 3. The smallest absolute Gasteiger partial charge is 0.319 e. The van der Waals surface area contributed by atoms with Crippen molar-refractivity contribution in [1.29, 1.82) is 0 Å². The van der Waals surface area contributed by atoms with Crippen molar-refractivity contribution in [1.82, 2.24) is 5.32 Å². The van der Waals surface area contributed by atoms with E-state index in [4.69, 9.17) is 4.74 Å². The van der Waals surface area contributed by atoms with E-state index in [1.165, 1.54) is 12.1 Å². The highest BCUT2D eigenvalue weighted by Crippen LogP contribution is 2.05. The molecule has 19 heavy (non-hydrogen) atoms. The van der Waals surface area contributed by atoms with Gasteiger partial charge in [-0.25, -0.2) is 4.39 Å². The first-order valence-corrected chi connectivity index (χ1v) is 6.75. The van der Waals surface area contributed by atoms with Crippen LogP contribution in [0.15, 0.2) is 24.3 Å². The first-order chi connectivity index (χ1) is 9.11. The Morgan fingerprint density at radius 1 is 1.37 bits per heavy atom. The van der Waals surface area contributed by atoms with Gasteiger partial charge in [0.15, 0.2) is 0 Å². The second-order valence-electron chi connectivity index (χ2n) is 4.69. The van der Waals surface area contributed by atoms with Crippen molar-refractivity contribution in [3.63, 3.8) is 0 Å². The van der Waals surface area contributed by atoms with Gasteiger partial charge in [-0.1, -0.05) is 25.5 Å². The van der Waals surface area contributed by atoms with Gasteiger partial charge in [-0.15, -0.1) is 0 Å². The summed E-state index contributed by atoms with van der Waals surface area (Å²) in [7, 11) is 0. The van der Waals surface area contributed by atoms with Crippen molar-refractivity contribution in [3.8, 4) is 0 Å². The van der Waals surface area contributed by atoms with E-state index >= 15 is 0 Å². The van der Waals surface area contributed by atoms with Gasteiger partial charge in [0.2, 0.25) is 0 Å². The lowest BCUT2D eigenvalue weighted by molar-refractivity contribution is -0.142. The lowest BCUT2D eigenvalue weighted by Crippen LogP contribution is -2.34. The molecule has 0 spiro atoms. The zero-order valence-corrected chi connectivity index (χ0v) is 11.6. The van der Waals surface area contributed by atoms with Gasteiger partial charge in [-0.05, 0) is 37.5 Å². The fourth-order valence-electron chi connectivity index (χ4n) is 1.69.